The van der Waals surface area contributed by atoms with Gasteiger partial charge in [0.1, 0.15) is 11.6 Å². The summed E-state index contributed by atoms with van der Waals surface area (Å²) in [5.41, 5.74) is -0.0931. The minimum Gasteiger partial charge on any atom is -0.348 e. The fraction of sp³-hybridized carbons (Fsp3) is 0.565. The first kappa shape index (κ1) is 23.3. The van der Waals surface area contributed by atoms with Gasteiger partial charge in [-0.15, -0.1) is 0 Å². The van der Waals surface area contributed by atoms with E-state index in [2.05, 4.69) is 20.4 Å². The maximum atomic E-state index is 14.0. The number of aromatic nitrogens is 2. The van der Waals surface area contributed by atoms with Crippen LogP contribution in [0.2, 0.25) is 0 Å². The maximum absolute atomic E-state index is 14.0. The van der Waals surface area contributed by atoms with Gasteiger partial charge in [-0.05, 0) is 31.4 Å². The SMILES string of the molecule is CN(C)C(=O)C1CN(C2CCCCC2)CCC1NC(=O)c1noc(-c2ccc(F)cc2F)n1. The van der Waals surface area contributed by atoms with Gasteiger partial charge in [0.25, 0.3) is 17.6 Å². The van der Waals surface area contributed by atoms with Gasteiger partial charge in [-0.2, -0.15) is 4.98 Å². The van der Waals surface area contributed by atoms with E-state index in [-0.39, 0.29) is 35.1 Å². The zero-order chi connectivity index (χ0) is 23.5. The molecule has 33 heavy (non-hydrogen) atoms. The van der Waals surface area contributed by atoms with E-state index in [4.69, 9.17) is 4.52 Å². The molecule has 1 aliphatic carbocycles. The summed E-state index contributed by atoms with van der Waals surface area (Å²) >= 11 is 0. The number of nitrogens with zero attached hydrogens (tertiary/aromatic N) is 4. The molecule has 1 N–H and O–H groups in total. The van der Waals surface area contributed by atoms with Crippen LogP contribution in [0.4, 0.5) is 8.78 Å². The molecule has 1 saturated heterocycles. The number of carbonyl (C=O) groups excluding carboxylic acids is 2. The topological polar surface area (TPSA) is 91.6 Å². The summed E-state index contributed by atoms with van der Waals surface area (Å²) < 4.78 is 32.2. The molecule has 2 heterocycles. The summed E-state index contributed by atoms with van der Waals surface area (Å²) in [6.07, 6.45) is 6.60. The molecular weight excluding hydrogens is 432 g/mol. The van der Waals surface area contributed by atoms with Crippen molar-refractivity contribution >= 4 is 11.8 Å². The zero-order valence-electron chi connectivity index (χ0n) is 18.9. The molecule has 0 spiro atoms. The van der Waals surface area contributed by atoms with E-state index in [9.17, 15) is 18.4 Å². The van der Waals surface area contributed by atoms with Gasteiger partial charge in [-0.1, -0.05) is 24.4 Å². The van der Waals surface area contributed by atoms with Crippen molar-refractivity contribution in [3.05, 3.63) is 35.7 Å². The lowest BCUT2D eigenvalue weighted by molar-refractivity contribution is -0.136. The number of halogens is 2. The molecular formula is C23H29F2N5O3. The van der Waals surface area contributed by atoms with Gasteiger partial charge in [-0.25, -0.2) is 8.78 Å². The van der Waals surface area contributed by atoms with E-state index in [1.165, 1.54) is 25.3 Å². The number of likely N-dealkylation sites (tertiary alicyclic amines) is 1. The van der Waals surface area contributed by atoms with E-state index in [0.29, 0.717) is 25.1 Å². The minimum absolute atomic E-state index is 0.0389. The number of carbonyl (C=O) groups is 2. The molecule has 178 valence electrons. The van der Waals surface area contributed by atoms with Crippen LogP contribution in [-0.4, -0.2) is 71.0 Å². The molecule has 2 amide bonds. The normalized spacial score (nSPS) is 22.2. The molecule has 1 aliphatic heterocycles. The summed E-state index contributed by atoms with van der Waals surface area (Å²) in [5.74, 6) is -3.10. The third kappa shape index (κ3) is 5.21. The van der Waals surface area contributed by atoms with Crippen LogP contribution in [0.5, 0.6) is 0 Å². The average molecular weight is 462 g/mol. The summed E-state index contributed by atoms with van der Waals surface area (Å²) in [6, 6.07) is 3.05. The molecule has 8 nitrogen and oxygen atoms in total. The van der Waals surface area contributed by atoms with Crippen molar-refractivity contribution in [2.24, 2.45) is 5.92 Å². The van der Waals surface area contributed by atoms with Crippen LogP contribution in [0.3, 0.4) is 0 Å². The molecule has 2 aromatic rings. The average Bonchev–Trinajstić information content (AvgIpc) is 3.29. The van der Waals surface area contributed by atoms with Crippen LogP contribution in [0.15, 0.2) is 22.7 Å². The standard InChI is InChI=1S/C23H29F2N5O3/c1-29(2)23(32)17-13-30(15-6-4-3-5-7-15)11-10-19(17)26-21(31)20-27-22(33-28-20)16-9-8-14(24)12-18(16)25/h8-9,12,15,17,19H,3-7,10-11,13H2,1-2H3,(H,26,31). The molecule has 2 unspecified atom stereocenters. The van der Waals surface area contributed by atoms with E-state index in [1.54, 1.807) is 19.0 Å². The summed E-state index contributed by atoms with van der Waals surface area (Å²) in [7, 11) is 3.42. The van der Waals surface area contributed by atoms with Gasteiger partial charge < -0.3 is 14.7 Å². The van der Waals surface area contributed by atoms with E-state index in [1.807, 2.05) is 0 Å². The third-order valence-electron chi connectivity index (χ3n) is 6.60. The predicted octanol–water partition coefficient (Wildman–Crippen LogP) is 2.86. The van der Waals surface area contributed by atoms with Gasteiger partial charge >= 0.3 is 0 Å². The number of hydrogen-bond acceptors (Lipinski definition) is 6. The molecule has 2 fully saturated rings. The van der Waals surface area contributed by atoms with Crippen molar-refractivity contribution in [3.63, 3.8) is 0 Å². The van der Waals surface area contributed by atoms with Crippen LogP contribution < -0.4 is 5.32 Å². The van der Waals surface area contributed by atoms with Crippen LogP contribution in [-0.2, 0) is 4.79 Å². The number of hydrogen-bond donors (Lipinski definition) is 1. The molecule has 10 heteroatoms. The van der Waals surface area contributed by atoms with Gasteiger partial charge in [-0.3, -0.25) is 14.5 Å². The second-order valence-electron chi connectivity index (χ2n) is 9.04. The van der Waals surface area contributed by atoms with Gasteiger partial charge in [0.05, 0.1) is 11.5 Å². The molecule has 2 atom stereocenters. The quantitative estimate of drug-likeness (QED) is 0.736. The zero-order valence-corrected chi connectivity index (χ0v) is 18.9. The van der Waals surface area contributed by atoms with Crippen LogP contribution in [0.1, 0.15) is 49.1 Å². The molecule has 1 aromatic heterocycles. The Bertz CT molecular complexity index is 1010. The monoisotopic (exact) mass is 461 g/mol. The van der Waals surface area contributed by atoms with Gasteiger partial charge in [0.15, 0.2) is 0 Å². The molecule has 2 aliphatic rings. The summed E-state index contributed by atoms with van der Waals surface area (Å²) in [5, 5.41) is 6.53. The Balaban J connectivity index is 1.47. The second-order valence-corrected chi connectivity index (χ2v) is 9.04. The lowest BCUT2D eigenvalue weighted by Gasteiger charge is -2.43. The molecule has 0 radical (unpaired) electrons. The van der Waals surface area contributed by atoms with E-state index >= 15 is 0 Å². The Labute approximate surface area is 191 Å². The lowest BCUT2D eigenvalue weighted by Crippen LogP contribution is -2.57. The Morgan fingerprint density at radius 1 is 1.15 bits per heavy atom. The summed E-state index contributed by atoms with van der Waals surface area (Å²) in [4.78, 5) is 33.7. The number of piperidine rings is 1. The number of benzene rings is 1. The van der Waals surface area contributed by atoms with Crippen molar-refractivity contribution in [3.8, 4) is 11.5 Å². The first-order chi connectivity index (χ1) is 15.8. The Kier molecular flexibility index (Phi) is 7.02. The molecule has 4 rings (SSSR count). The predicted molar refractivity (Wildman–Crippen MR) is 116 cm³/mol. The van der Waals surface area contributed by atoms with Crippen LogP contribution in [0.25, 0.3) is 11.5 Å². The summed E-state index contributed by atoms with van der Waals surface area (Å²) in [6.45, 7) is 1.38. The number of nitrogens with one attached hydrogen (secondary N) is 1. The lowest BCUT2D eigenvalue weighted by atomic mass is 9.86. The van der Waals surface area contributed by atoms with Crippen molar-refractivity contribution in [2.45, 2.75) is 50.6 Å². The fourth-order valence-electron chi connectivity index (χ4n) is 4.83. The molecule has 0 bridgehead atoms. The smallest absolute Gasteiger partial charge is 0.292 e. The highest BCUT2D eigenvalue weighted by molar-refractivity contribution is 5.91. The fourth-order valence-corrected chi connectivity index (χ4v) is 4.83. The van der Waals surface area contributed by atoms with Crippen LogP contribution >= 0.6 is 0 Å². The van der Waals surface area contributed by atoms with Crippen molar-refractivity contribution in [2.75, 3.05) is 27.2 Å². The highest BCUT2D eigenvalue weighted by Crippen LogP contribution is 2.28. The van der Waals surface area contributed by atoms with E-state index in [0.717, 1.165) is 25.5 Å². The van der Waals surface area contributed by atoms with Crippen molar-refractivity contribution in [1.82, 2.24) is 25.3 Å². The molecule has 1 aromatic carbocycles. The minimum atomic E-state index is -0.864. The Morgan fingerprint density at radius 3 is 2.61 bits per heavy atom. The van der Waals surface area contributed by atoms with Crippen LogP contribution in [0, 0.1) is 17.6 Å². The van der Waals surface area contributed by atoms with E-state index < -0.39 is 17.5 Å². The Morgan fingerprint density at radius 2 is 1.91 bits per heavy atom. The number of rotatable bonds is 5. The first-order valence-corrected chi connectivity index (χ1v) is 11.4. The third-order valence-corrected chi connectivity index (χ3v) is 6.60. The number of amides is 2. The van der Waals surface area contributed by atoms with Crippen molar-refractivity contribution < 1.29 is 22.9 Å². The maximum Gasteiger partial charge on any atom is 0.292 e. The van der Waals surface area contributed by atoms with Gasteiger partial charge in [0.2, 0.25) is 5.91 Å². The molecule has 1 saturated carbocycles. The highest BCUT2D eigenvalue weighted by Gasteiger charge is 2.39. The first-order valence-electron chi connectivity index (χ1n) is 11.4. The largest absolute Gasteiger partial charge is 0.348 e. The van der Waals surface area contributed by atoms with Crippen molar-refractivity contribution in [1.29, 1.82) is 0 Å². The van der Waals surface area contributed by atoms with Gasteiger partial charge in [0, 0.05) is 45.3 Å². The second kappa shape index (κ2) is 9.94. The Hall–Kier alpha value is -2.88. The highest BCUT2D eigenvalue weighted by atomic mass is 19.1.